The van der Waals surface area contributed by atoms with Crippen LogP contribution in [0.2, 0.25) is 0 Å². The first-order valence-corrected chi connectivity index (χ1v) is 4.68. The maximum atomic E-state index is 12.6. The average Bonchev–Trinajstić information content (AvgIpc) is 1.94. The Bertz CT molecular complexity index is 431. The Morgan fingerprint density at radius 3 is 1.44 bits per heavy atom. The van der Waals surface area contributed by atoms with Crippen LogP contribution in [-0.2, 0) is 10.4 Å². The van der Waals surface area contributed by atoms with Crippen molar-refractivity contribution in [1.29, 1.82) is 0 Å². The molecule has 14 heteroatoms. The number of amides is 1. The highest BCUT2D eigenvalue weighted by Gasteiger charge is 2.74. The van der Waals surface area contributed by atoms with Gasteiger partial charge >= 0.3 is 24.3 Å². The summed E-state index contributed by atoms with van der Waals surface area (Å²) in [5.41, 5.74) is 0. The standard InChI is InChI=1S/C4F10N2OS/c5-1(17)15-18(13,14)16-2(6,3(7,8)9)4(10,11)12. The molecule has 3 nitrogen and oxygen atoms in total. The predicted molar refractivity (Wildman–Crippen MR) is 36.9 cm³/mol. The molecule has 0 N–H and O–H groups in total. The number of alkyl halides is 7. The lowest BCUT2D eigenvalue weighted by molar-refractivity contribution is -0.337. The van der Waals surface area contributed by atoms with E-state index in [-0.39, 0.29) is 0 Å². The molecule has 1 amide bonds. The largest absolute Gasteiger partial charge is 0.454 e. The van der Waals surface area contributed by atoms with E-state index >= 15 is 0 Å². The molecule has 108 valence electrons. The first-order valence-electron chi connectivity index (χ1n) is 3.34. The van der Waals surface area contributed by atoms with Gasteiger partial charge in [0.1, 0.15) is 0 Å². The molecular formula is C4F10N2OS. The van der Waals surface area contributed by atoms with E-state index < -0.39 is 34.7 Å². The zero-order chi connectivity index (χ0) is 15.0. The van der Waals surface area contributed by atoms with Crippen molar-refractivity contribution in [3.05, 3.63) is 0 Å². The number of carbonyl (C=O) groups excluding carboxylic acids is 1. The van der Waals surface area contributed by atoms with Gasteiger partial charge in [-0.2, -0.15) is 30.7 Å². The minimum atomic E-state index is -6.88. The van der Waals surface area contributed by atoms with Crippen LogP contribution in [0, 0.1) is 0 Å². The summed E-state index contributed by atoms with van der Waals surface area (Å²) in [4.78, 5) is 9.41. The van der Waals surface area contributed by atoms with Crippen molar-refractivity contribution >= 4 is 16.6 Å². The van der Waals surface area contributed by atoms with Crippen molar-refractivity contribution in [3.8, 4) is 0 Å². The lowest BCUT2D eigenvalue weighted by Crippen LogP contribution is -2.51. The summed E-state index contributed by atoms with van der Waals surface area (Å²) in [7, 11) is -6.79. The van der Waals surface area contributed by atoms with Crippen LogP contribution in [-0.4, -0.2) is 24.3 Å². The van der Waals surface area contributed by atoms with E-state index in [1.807, 2.05) is 0 Å². The summed E-state index contributed by atoms with van der Waals surface area (Å²) in [5.74, 6) is -6.65. The first kappa shape index (κ1) is 16.9. The van der Waals surface area contributed by atoms with Gasteiger partial charge in [-0.1, -0.05) is 4.36 Å². The Morgan fingerprint density at radius 1 is 0.889 bits per heavy atom. The minimum absolute atomic E-state index is 0.529. The SMILES string of the molecule is O=C(F)N=S(F)(F)=NC(F)(C(F)(F)F)C(F)(F)F. The topological polar surface area (TPSA) is 41.8 Å². The van der Waals surface area contributed by atoms with Gasteiger partial charge in [0.2, 0.25) is 0 Å². The van der Waals surface area contributed by atoms with Gasteiger partial charge in [0.15, 0.2) is 0 Å². The van der Waals surface area contributed by atoms with Crippen LogP contribution in [0.5, 0.6) is 0 Å². The van der Waals surface area contributed by atoms with Crippen molar-refractivity contribution in [2.24, 2.45) is 8.73 Å². The molecule has 0 unspecified atom stereocenters. The Balaban J connectivity index is 6.16. The Kier molecular flexibility index (Phi) is 4.27. The summed E-state index contributed by atoms with van der Waals surface area (Å²) < 4.78 is 120. The van der Waals surface area contributed by atoms with Gasteiger partial charge in [-0.15, -0.1) is 16.5 Å². The fraction of sp³-hybridized carbons (Fsp3) is 0.750. The molecule has 0 bridgehead atoms. The minimum Gasteiger partial charge on any atom is -0.231 e. The van der Waals surface area contributed by atoms with Gasteiger partial charge in [0.05, 0.1) is 0 Å². The van der Waals surface area contributed by atoms with Crippen LogP contribution in [0.3, 0.4) is 0 Å². The van der Waals surface area contributed by atoms with Crippen LogP contribution in [0.1, 0.15) is 0 Å². The Morgan fingerprint density at radius 2 is 1.22 bits per heavy atom. The molecule has 0 aliphatic carbocycles. The highest BCUT2D eigenvalue weighted by atomic mass is 32.3. The summed E-state index contributed by atoms with van der Waals surface area (Å²) in [6.45, 7) is 0. The van der Waals surface area contributed by atoms with E-state index in [1.54, 1.807) is 0 Å². The molecule has 0 aliphatic rings. The zero-order valence-electron chi connectivity index (χ0n) is 7.49. The van der Waals surface area contributed by atoms with Crippen molar-refractivity contribution in [2.75, 3.05) is 0 Å². The summed E-state index contributed by atoms with van der Waals surface area (Å²) in [6, 6.07) is 0. The molecule has 18 heavy (non-hydrogen) atoms. The monoisotopic (exact) mass is 314 g/mol. The number of hydrogen-bond donors (Lipinski definition) is 0. The molecule has 0 aromatic heterocycles. The van der Waals surface area contributed by atoms with Crippen molar-refractivity contribution < 1.29 is 47.7 Å². The third-order valence-electron chi connectivity index (χ3n) is 1.17. The van der Waals surface area contributed by atoms with Crippen molar-refractivity contribution in [2.45, 2.75) is 18.1 Å². The molecule has 0 atom stereocenters. The lowest BCUT2D eigenvalue weighted by Gasteiger charge is -2.25. The zero-order valence-corrected chi connectivity index (χ0v) is 8.31. The number of rotatable bonds is 1. The van der Waals surface area contributed by atoms with E-state index in [2.05, 4.69) is 0 Å². The third kappa shape index (κ3) is 3.71. The number of hydrogen-bond acceptors (Lipinski definition) is 2. The molecule has 0 fully saturated rings. The van der Waals surface area contributed by atoms with Gasteiger partial charge in [-0.25, -0.2) is 4.79 Å². The van der Waals surface area contributed by atoms with Gasteiger partial charge in [0, 0.05) is 0 Å². The second-order valence-electron chi connectivity index (χ2n) is 2.47. The Hall–Kier alpha value is -1.08. The van der Waals surface area contributed by atoms with E-state index in [4.69, 9.17) is 0 Å². The molecule has 0 aromatic carbocycles. The maximum Gasteiger partial charge on any atom is 0.454 e. The molecule has 0 saturated carbocycles. The molecule has 0 heterocycles. The lowest BCUT2D eigenvalue weighted by atomic mass is 10.2. The predicted octanol–water partition coefficient (Wildman–Crippen LogP) is 4.16. The summed E-state index contributed by atoms with van der Waals surface area (Å²) in [5, 5.41) is 0. The molecule has 0 saturated heterocycles. The number of halogens is 10. The molecule has 0 rings (SSSR count). The van der Waals surface area contributed by atoms with Gasteiger partial charge in [0.25, 0.3) is 10.4 Å². The second-order valence-corrected chi connectivity index (χ2v) is 3.67. The second kappa shape index (κ2) is 4.55. The molecule has 0 radical (unpaired) electrons. The van der Waals surface area contributed by atoms with Crippen LogP contribution in [0.4, 0.5) is 47.7 Å². The van der Waals surface area contributed by atoms with Crippen LogP contribution in [0.25, 0.3) is 0 Å². The van der Waals surface area contributed by atoms with E-state index in [1.165, 1.54) is 0 Å². The highest BCUT2D eigenvalue weighted by Crippen LogP contribution is 2.48. The fourth-order valence-corrected chi connectivity index (χ4v) is 1.25. The molecule has 0 aliphatic heterocycles. The Labute approximate surface area is 92.2 Å². The highest BCUT2D eigenvalue weighted by molar-refractivity contribution is 7.86. The summed E-state index contributed by atoms with van der Waals surface area (Å²) >= 11 is 0. The quantitative estimate of drug-likeness (QED) is 0.407. The van der Waals surface area contributed by atoms with Crippen molar-refractivity contribution in [3.63, 3.8) is 0 Å². The maximum absolute atomic E-state index is 12.6. The van der Waals surface area contributed by atoms with Crippen molar-refractivity contribution in [1.82, 2.24) is 0 Å². The van der Waals surface area contributed by atoms with Crippen LogP contribution < -0.4 is 0 Å². The normalized spacial score (nSPS) is 14.3. The van der Waals surface area contributed by atoms with Crippen LogP contribution >= 0.6 is 0 Å². The van der Waals surface area contributed by atoms with Gasteiger partial charge in [-0.3, -0.25) is 0 Å². The summed E-state index contributed by atoms with van der Waals surface area (Å²) in [6.07, 6.45) is -17.0. The molecule has 0 spiro atoms. The van der Waals surface area contributed by atoms with Gasteiger partial charge in [-0.05, 0) is 0 Å². The average molecular weight is 314 g/mol. The van der Waals surface area contributed by atoms with E-state index in [0.717, 1.165) is 4.36 Å². The number of carbonyl (C=O) groups is 1. The molecule has 0 aromatic rings. The third-order valence-corrected chi connectivity index (χ3v) is 2.00. The fourth-order valence-electron chi connectivity index (χ4n) is 0.522. The van der Waals surface area contributed by atoms with E-state index in [9.17, 15) is 47.7 Å². The smallest absolute Gasteiger partial charge is 0.231 e. The van der Waals surface area contributed by atoms with E-state index in [0.29, 0.717) is 4.36 Å². The first-order chi connectivity index (χ1) is 7.62. The number of nitrogens with zero attached hydrogens (tertiary/aromatic N) is 2. The van der Waals surface area contributed by atoms with Gasteiger partial charge < -0.3 is 0 Å². The van der Waals surface area contributed by atoms with Crippen LogP contribution in [0.15, 0.2) is 8.73 Å². The molecular weight excluding hydrogens is 314 g/mol.